The highest BCUT2D eigenvalue weighted by Gasteiger charge is 2.25. The minimum atomic E-state index is -0.352. The number of piperidine rings is 1. The van der Waals surface area contributed by atoms with Gasteiger partial charge in [0.25, 0.3) is 5.24 Å². The molecule has 0 spiro atoms. The van der Waals surface area contributed by atoms with Crippen molar-refractivity contribution in [3.05, 3.63) is 35.9 Å². The number of nitrogens with zero attached hydrogens (tertiary/aromatic N) is 1. The topological polar surface area (TPSA) is 72.6 Å². The molecule has 2 N–H and O–H groups in total. The smallest absolute Gasteiger partial charge is 0.410 e. The number of hydrogen-bond donors (Lipinski definition) is 1. The van der Waals surface area contributed by atoms with E-state index in [4.69, 9.17) is 10.5 Å². The Balaban J connectivity index is 1.73. The molecule has 1 aromatic rings. The predicted molar refractivity (Wildman–Crippen MR) is 78.4 cm³/mol. The van der Waals surface area contributed by atoms with Crippen molar-refractivity contribution < 1.29 is 14.3 Å². The van der Waals surface area contributed by atoms with Crippen LogP contribution in [-0.2, 0) is 11.3 Å². The Bertz CT molecular complexity index is 459. The van der Waals surface area contributed by atoms with Crippen molar-refractivity contribution in [2.45, 2.75) is 24.7 Å². The summed E-state index contributed by atoms with van der Waals surface area (Å²) in [7, 11) is 0. The van der Waals surface area contributed by atoms with Gasteiger partial charge in [0.05, 0.1) is 0 Å². The lowest BCUT2D eigenvalue weighted by molar-refractivity contribution is 0.0901. The van der Waals surface area contributed by atoms with Crippen LogP contribution in [0.5, 0.6) is 0 Å². The lowest BCUT2D eigenvalue weighted by Gasteiger charge is -2.30. The molecule has 20 heavy (non-hydrogen) atoms. The predicted octanol–water partition coefficient (Wildman–Crippen LogP) is 2.60. The van der Waals surface area contributed by atoms with E-state index in [0.717, 1.165) is 30.2 Å². The molecule has 1 fully saturated rings. The zero-order chi connectivity index (χ0) is 14.4. The van der Waals surface area contributed by atoms with Crippen LogP contribution < -0.4 is 5.73 Å². The number of nitrogens with two attached hydrogens (primary N) is 1. The summed E-state index contributed by atoms with van der Waals surface area (Å²) in [6.07, 6.45) is 1.25. The normalized spacial score (nSPS) is 15.9. The molecule has 108 valence electrons. The zero-order valence-electron chi connectivity index (χ0n) is 11.2. The van der Waals surface area contributed by atoms with Crippen LogP contribution in [0.4, 0.5) is 9.59 Å². The molecule has 1 aromatic carbocycles. The molecule has 1 saturated heterocycles. The average Bonchev–Trinajstić information content (AvgIpc) is 2.46. The molecule has 0 atom stereocenters. The minimum absolute atomic E-state index is 0.214. The molecular weight excluding hydrogens is 276 g/mol. The summed E-state index contributed by atoms with van der Waals surface area (Å²) in [6.45, 7) is 1.51. The fraction of sp³-hybridized carbons (Fsp3) is 0.429. The largest absolute Gasteiger partial charge is 0.445 e. The van der Waals surface area contributed by atoms with Gasteiger partial charge in [-0.2, -0.15) is 0 Å². The monoisotopic (exact) mass is 294 g/mol. The fourth-order valence-corrected chi connectivity index (χ4v) is 2.91. The van der Waals surface area contributed by atoms with Gasteiger partial charge in [0.1, 0.15) is 6.61 Å². The molecule has 0 saturated carbocycles. The summed E-state index contributed by atoms with van der Waals surface area (Å²) < 4.78 is 5.27. The van der Waals surface area contributed by atoms with E-state index in [2.05, 4.69) is 0 Å². The summed E-state index contributed by atoms with van der Waals surface area (Å²) in [5.74, 6) is 0. The molecule has 1 heterocycles. The Kier molecular flexibility index (Phi) is 5.29. The van der Waals surface area contributed by atoms with Gasteiger partial charge < -0.3 is 15.4 Å². The second kappa shape index (κ2) is 7.19. The van der Waals surface area contributed by atoms with Gasteiger partial charge in [0, 0.05) is 18.3 Å². The first-order chi connectivity index (χ1) is 9.65. The van der Waals surface area contributed by atoms with Gasteiger partial charge in [-0.05, 0) is 18.4 Å². The van der Waals surface area contributed by atoms with Crippen molar-refractivity contribution in [3.63, 3.8) is 0 Å². The Morgan fingerprint density at radius 2 is 1.90 bits per heavy atom. The van der Waals surface area contributed by atoms with Crippen LogP contribution in [0.25, 0.3) is 0 Å². The number of ether oxygens (including phenoxy) is 1. The fourth-order valence-electron chi connectivity index (χ4n) is 2.13. The molecule has 5 nitrogen and oxygen atoms in total. The van der Waals surface area contributed by atoms with E-state index in [1.165, 1.54) is 0 Å². The molecule has 1 aliphatic rings. The summed E-state index contributed by atoms with van der Waals surface area (Å²) in [5, 5.41) is -0.138. The van der Waals surface area contributed by atoms with Gasteiger partial charge in [-0.3, -0.25) is 4.79 Å². The Labute approximate surface area is 122 Å². The first-order valence-corrected chi connectivity index (χ1v) is 7.45. The highest BCUT2D eigenvalue weighted by atomic mass is 32.2. The molecular formula is C14H18N2O3S. The molecule has 2 rings (SSSR count). The quantitative estimate of drug-likeness (QED) is 0.930. The third-order valence-electron chi connectivity index (χ3n) is 3.19. The van der Waals surface area contributed by atoms with Gasteiger partial charge in [-0.1, -0.05) is 42.1 Å². The Morgan fingerprint density at radius 3 is 2.50 bits per heavy atom. The van der Waals surface area contributed by atoms with Gasteiger partial charge in [0.2, 0.25) is 0 Å². The van der Waals surface area contributed by atoms with Crippen LogP contribution in [0, 0.1) is 0 Å². The molecule has 6 heteroatoms. The van der Waals surface area contributed by atoms with E-state index in [0.29, 0.717) is 13.1 Å². The highest BCUT2D eigenvalue weighted by molar-refractivity contribution is 8.14. The maximum absolute atomic E-state index is 11.9. The maximum Gasteiger partial charge on any atom is 0.410 e. The minimum Gasteiger partial charge on any atom is -0.445 e. The highest BCUT2D eigenvalue weighted by Crippen LogP contribution is 2.23. The molecule has 0 aliphatic carbocycles. The van der Waals surface area contributed by atoms with E-state index in [-0.39, 0.29) is 23.2 Å². The van der Waals surface area contributed by atoms with Crippen LogP contribution >= 0.6 is 11.8 Å². The number of carbonyl (C=O) groups is 2. The first kappa shape index (κ1) is 14.7. The van der Waals surface area contributed by atoms with E-state index >= 15 is 0 Å². The summed E-state index contributed by atoms with van der Waals surface area (Å²) in [5.41, 5.74) is 6.12. The van der Waals surface area contributed by atoms with Gasteiger partial charge in [0.15, 0.2) is 0 Å². The van der Waals surface area contributed by atoms with E-state index < -0.39 is 0 Å². The Morgan fingerprint density at radius 1 is 1.25 bits per heavy atom. The third kappa shape index (κ3) is 4.45. The van der Waals surface area contributed by atoms with Crippen LogP contribution in [-0.4, -0.2) is 34.6 Å². The lowest BCUT2D eigenvalue weighted by atomic mass is 10.1. The third-order valence-corrected chi connectivity index (χ3v) is 4.23. The van der Waals surface area contributed by atoms with Crippen LogP contribution in [0.1, 0.15) is 18.4 Å². The van der Waals surface area contributed by atoms with Crippen molar-refractivity contribution in [1.82, 2.24) is 4.90 Å². The first-order valence-electron chi connectivity index (χ1n) is 6.57. The molecule has 0 unspecified atom stereocenters. The maximum atomic E-state index is 11.9. The van der Waals surface area contributed by atoms with E-state index in [1.54, 1.807) is 4.90 Å². The van der Waals surface area contributed by atoms with Crippen molar-refractivity contribution in [1.29, 1.82) is 0 Å². The number of carbonyl (C=O) groups excluding carboxylic acids is 2. The number of thioether (sulfide) groups is 1. The Hall–Kier alpha value is -1.69. The summed E-state index contributed by atoms with van der Waals surface area (Å²) in [6, 6.07) is 9.59. The molecule has 0 aromatic heterocycles. The van der Waals surface area contributed by atoms with Crippen LogP contribution in [0.15, 0.2) is 30.3 Å². The van der Waals surface area contributed by atoms with Crippen LogP contribution in [0.3, 0.4) is 0 Å². The molecule has 1 aliphatic heterocycles. The molecule has 0 radical (unpaired) electrons. The number of hydrogen-bond acceptors (Lipinski definition) is 4. The van der Waals surface area contributed by atoms with Crippen molar-refractivity contribution in [3.8, 4) is 0 Å². The number of amides is 2. The van der Waals surface area contributed by atoms with E-state index in [1.807, 2.05) is 30.3 Å². The summed E-state index contributed by atoms with van der Waals surface area (Å²) in [4.78, 5) is 24.4. The van der Waals surface area contributed by atoms with Gasteiger partial charge in [-0.15, -0.1) is 0 Å². The van der Waals surface area contributed by atoms with Crippen molar-refractivity contribution in [2.75, 3.05) is 13.1 Å². The van der Waals surface area contributed by atoms with Gasteiger partial charge in [-0.25, -0.2) is 4.79 Å². The van der Waals surface area contributed by atoms with Crippen LogP contribution in [0.2, 0.25) is 0 Å². The van der Waals surface area contributed by atoms with Gasteiger partial charge >= 0.3 is 6.09 Å². The second-order valence-electron chi connectivity index (χ2n) is 4.66. The molecule has 2 amide bonds. The van der Waals surface area contributed by atoms with Crippen molar-refractivity contribution in [2.24, 2.45) is 5.73 Å². The number of likely N-dealkylation sites (tertiary alicyclic amines) is 1. The zero-order valence-corrected chi connectivity index (χ0v) is 12.0. The number of primary amides is 1. The summed E-state index contributed by atoms with van der Waals surface area (Å²) >= 11 is 1.16. The lowest BCUT2D eigenvalue weighted by Crippen LogP contribution is -2.40. The average molecular weight is 294 g/mol. The number of rotatable bonds is 3. The molecule has 0 bridgehead atoms. The van der Waals surface area contributed by atoms with Crippen molar-refractivity contribution >= 4 is 23.1 Å². The SMILES string of the molecule is NC(=O)SC1CCN(C(=O)OCc2ccccc2)CC1. The van der Waals surface area contributed by atoms with E-state index in [9.17, 15) is 9.59 Å². The number of benzene rings is 1. The second-order valence-corrected chi connectivity index (χ2v) is 5.97. The standard InChI is InChI=1S/C14H18N2O3S/c15-13(17)20-12-6-8-16(9-7-12)14(18)19-10-11-4-2-1-3-5-11/h1-5,12H,6-10H2,(H2,15,17).